The Balaban J connectivity index is 1.91. The van der Waals surface area contributed by atoms with Crippen LogP contribution in [0.2, 0.25) is 25.7 Å². The van der Waals surface area contributed by atoms with E-state index in [1.807, 2.05) is 65.0 Å². The minimum atomic E-state index is -1.47. The van der Waals surface area contributed by atoms with Gasteiger partial charge in [-0.05, 0) is 66.5 Å². The average molecular weight is 815 g/mol. The summed E-state index contributed by atoms with van der Waals surface area (Å²) in [5.74, 6) is -1.07. The molecule has 2 N–H and O–H groups in total. The largest absolute Gasteiger partial charge is 0.461 e. The number of amidine groups is 1. The molecule has 2 unspecified atom stereocenters. The Morgan fingerprint density at radius 1 is 1.16 bits per heavy atom. The summed E-state index contributed by atoms with van der Waals surface area (Å²) in [6.45, 7) is 16.4. The molecule has 2 aliphatic heterocycles. The van der Waals surface area contributed by atoms with Crippen molar-refractivity contribution in [2.45, 2.75) is 84.4 Å². The van der Waals surface area contributed by atoms with Crippen LogP contribution < -0.4 is 10.6 Å². The zero-order valence-corrected chi connectivity index (χ0v) is 32.0. The number of amides is 1. The molecule has 1 aromatic carbocycles. The van der Waals surface area contributed by atoms with E-state index >= 15 is 0 Å². The van der Waals surface area contributed by atoms with E-state index in [0.717, 1.165) is 10.5 Å². The number of nitrogens with zero attached hydrogens (tertiary/aromatic N) is 2. The van der Waals surface area contributed by atoms with Gasteiger partial charge in [0.1, 0.15) is 17.3 Å². The molecule has 4 rings (SSSR count). The van der Waals surface area contributed by atoms with E-state index in [9.17, 15) is 14.4 Å². The van der Waals surface area contributed by atoms with Gasteiger partial charge in [0.25, 0.3) is 0 Å². The summed E-state index contributed by atoms with van der Waals surface area (Å²) in [5.41, 5.74) is 0.437. The van der Waals surface area contributed by atoms with Gasteiger partial charge in [0, 0.05) is 23.3 Å². The van der Waals surface area contributed by atoms with Crippen molar-refractivity contribution in [2.75, 3.05) is 6.61 Å². The summed E-state index contributed by atoms with van der Waals surface area (Å²) in [6.07, 6.45) is 3.20. The maximum absolute atomic E-state index is 13.8. The van der Waals surface area contributed by atoms with Crippen molar-refractivity contribution >= 4 is 95.6 Å². The summed E-state index contributed by atoms with van der Waals surface area (Å²) in [4.78, 5) is 45.7. The first-order valence-electron chi connectivity index (χ1n) is 14.4. The van der Waals surface area contributed by atoms with E-state index < -0.39 is 43.1 Å². The Morgan fingerprint density at radius 3 is 2.48 bits per heavy atom. The molecule has 0 radical (unpaired) electrons. The van der Waals surface area contributed by atoms with Crippen molar-refractivity contribution in [2.24, 2.45) is 10.4 Å². The Kier molecular flexibility index (Phi) is 10.1. The summed E-state index contributed by atoms with van der Waals surface area (Å²) >= 11 is 10.6. The van der Waals surface area contributed by atoms with E-state index in [-0.39, 0.29) is 24.8 Å². The predicted octanol–water partition coefficient (Wildman–Crippen LogP) is 7.48. The van der Waals surface area contributed by atoms with Crippen molar-refractivity contribution in [1.82, 2.24) is 15.2 Å². The van der Waals surface area contributed by atoms with E-state index in [1.165, 1.54) is 4.57 Å². The molecular formula is C31H39Br3N4O5Si. The van der Waals surface area contributed by atoms with Crippen LogP contribution in [0.1, 0.15) is 45.9 Å². The maximum atomic E-state index is 13.8. The highest BCUT2D eigenvalue weighted by Crippen LogP contribution is 2.38. The fourth-order valence-corrected chi connectivity index (χ4v) is 7.23. The molecule has 2 aromatic rings. The van der Waals surface area contributed by atoms with Crippen LogP contribution in [0, 0.1) is 5.41 Å². The molecule has 3 heterocycles. The number of carbonyl (C=O) groups excluding carboxylic acids is 3. The van der Waals surface area contributed by atoms with Crippen molar-refractivity contribution in [1.29, 1.82) is 0 Å². The molecule has 44 heavy (non-hydrogen) atoms. The first kappa shape index (κ1) is 34.6. The molecule has 2 aliphatic rings. The van der Waals surface area contributed by atoms with Gasteiger partial charge in [0.2, 0.25) is 5.91 Å². The molecule has 238 valence electrons. The molecule has 0 spiro atoms. The Bertz CT molecular complexity index is 1600. The molecule has 1 aromatic heterocycles. The van der Waals surface area contributed by atoms with E-state index in [2.05, 4.69) is 78.1 Å². The molecule has 0 bridgehead atoms. The van der Waals surface area contributed by atoms with Crippen molar-refractivity contribution in [3.8, 4) is 0 Å². The topological polar surface area (TPSA) is 111 Å². The van der Waals surface area contributed by atoms with Crippen LogP contribution in [-0.2, 0) is 25.5 Å². The fraction of sp³-hybridized carbons (Fsp3) is 0.484. The third kappa shape index (κ3) is 7.94. The highest BCUT2D eigenvalue weighted by molar-refractivity contribution is 9.18. The Morgan fingerprint density at radius 2 is 1.84 bits per heavy atom. The number of rotatable bonds is 4. The molecule has 9 nitrogen and oxygen atoms in total. The van der Waals surface area contributed by atoms with E-state index in [0.29, 0.717) is 31.4 Å². The van der Waals surface area contributed by atoms with Crippen LogP contribution in [0.5, 0.6) is 0 Å². The minimum Gasteiger partial charge on any atom is -0.461 e. The van der Waals surface area contributed by atoms with Gasteiger partial charge in [0.15, 0.2) is 4.74 Å². The zero-order chi connectivity index (χ0) is 32.8. The third-order valence-electron chi connectivity index (χ3n) is 7.36. The lowest BCUT2D eigenvalue weighted by atomic mass is 9.80. The van der Waals surface area contributed by atoms with Crippen LogP contribution in [0.25, 0.3) is 17.0 Å². The quantitative estimate of drug-likeness (QED) is 0.188. The number of esters is 1. The van der Waals surface area contributed by atoms with Crippen LogP contribution in [0.3, 0.4) is 0 Å². The number of halogens is 3. The maximum Gasteiger partial charge on any atom is 0.419 e. The number of aromatic nitrogens is 1. The standard InChI is InChI=1S/C31H39Br3N4O5Si/c1-30(2,3)43-29(41)38-20-11-12-31(4,5)26-24(36-28(34)37-26)23(33)25(27(40)42-13-14-44(6,7)8)35-22(39)16-19(20)18-10-9-17(32)15-21(18)38/h9-12,15,24,26H,13-14,16H2,1-8H3,(H,35,39)(H,36,37)/b12-11-,25-23+. The van der Waals surface area contributed by atoms with Gasteiger partial charge < -0.3 is 20.1 Å². The highest BCUT2D eigenvalue weighted by Gasteiger charge is 2.42. The monoisotopic (exact) mass is 812 g/mol. The van der Waals surface area contributed by atoms with Crippen molar-refractivity contribution in [3.05, 3.63) is 50.2 Å². The average Bonchev–Trinajstić information content (AvgIpc) is 3.41. The summed E-state index contributed by atoms with van der Waals surface area (Å²) < 4.78 is 14.7. The third-order valence-corrected chi connectivity index (χ3v) is 10.9. The molecule has 0 saturated heterocycles. The Labute approximate surface area is 284 Å². The van der Waals surface area contributed by atoms with Gasteiger partial charge in [-0.2, -0.15) is 0 Å². The predicted molar refractivity (Wildman–Crippen MR) is 188 cm³/mol. The van der Waals surface area contributed by atoms with Gasteiger partial charge in [0.05, 0.1) is 34.8 Å². The lowest BCUT2D eigenvalue weighted by Crippen LogP contribution is -2.46. The summed E-state index contributed by atoms with van der Waals surface area (Å²) in [5, 5.41) is 6.93. The van der Waals surface area contributed by atoms with E-state index in [4.69, 9.17) is 14.5 Å². The first-order chi connectivity index (χ1) is 20.3. The SMILES string of the molecule is CC(C)(C)OC(=O)n1c2c(c3ccc(Br)cc31)CC(=O)N/C(C(=O)OCC[Si](C)(C)C)=C(/Br)C1N=C(Br)NC1C(C)(C)/C=C\2. The zero-order valence-electron chi connectivity index (χ0n) is 26.2. The van der Waals surface area contributed by atoms with Crippen LogP contribution in [0.4, 0.5) is 4.79 Å². The second-order valence-corrected chi connectivity index (χ2v) is 22.0. The minimum absolute atomic E-state index is 0.00820. The number of carbonyl (C=O) groups is 3. The molecule has 0 saturated carbocycles. The molecule has 2 atom stereocenters. The number of nitrogens with one attached hydrogen (secondary N) is 2. The van der Waals surface area contributed by atoms with Crippen molar-refractivity contribution < 1.29 is 23.9 Å². The number of hydrogen-bond donors (Lipinski definition) is 2. The van der Waals surface area contributed by atoms with Gasteiger partial charge in [-0.15, -0.1) is 0 Å². The van der Waals surface area contributed by atoms with Crippen LogP contribution in [-0.4, -0.2) is 59.6 Å². The number of ether oxygens (including phenoxy) is 2. The van der Waals surface area contributed by atoms with Crippen molar-refractivity contribution in [3.63, 3.8) is 0 Å². The summed E-state index contributed by atoms with van der Waals surface area (Å²) in [6, 6.07) is 5.46. The first-order valence-corrected chi connectivity index (χ1v) is 20.5. The second-order valence-electron chi connectivity index (χ2n) is 13.9. The molecule has 1 amide bonds. The van der Waals surface area contributed by atoms with Gasteiger partial charge >= 0.3 is 12.1 Å². The van der Waals surface area contributed by atoms with Gasteiger partial charge in [-0.1, -0.05) is 77.5 Å². The van der Waals surface area contributed by atoms with E-state index in [1.54, 1.807) is 0 Å². The smallest absolute Gasteiger partial charge is 0.419 e. The van der Waals surface area contributed by atoms with Crippen LogP contribution >= 0.6 is 47.8 Å². The number of aliphatic imine (C=N–C) groups is 1. The lowest BCUT2D eigenvalue weighted by Gasteiger charge is -2.33. The summed E-state index contributed by atoms with van der Waals surface area (Å²) in [7, 11) is -1.47. The Hall–Kier alpha value is -2.22. The van der Waals surface area contributed by atoms with Gasteiger partial charge in [-0.25, -0.2) is 14.2 Å². The molecule has 0 aliphatic carbocycles. The van der Waals surface area contributed by atoms with Crippen LogP contribution in [0.15, 0.2) is 43.9 Å². The van der Waals surface area contributed by atoms with Gasteiger partial charge in [-0.3, -0.25) is 9.79 Å². The number of hydrogen-bond acceptors (Lipinski definition) is 7. The number of benzene rings is 1. The lowest BCUT2D eigenvalue weighted by molar-refractivity contribution is -0.140. The second kappa shape index (κ2) is 12.9. The molecular weight excluding hydrogens is 776 g/mol. The molecule has 13 heteroatoms. The molecule has 0 fully saturated rings. The number of fused-ring (bicyclic) bond motifs is 4. The fourth-order valence-electron chi connectivity index (χ4n) is 5.07. The highest BCUT2D eigenvalue weighted by atomic mass is 79.9. The normalized spacial score (nSPS) is 22.9.